The number of likely N-dealkylation sites (N-methyl/N-ethyl adjacent to an activating group) is 1. The van der Waals surface area contributed by atoms with Crippen LogP contribution in [0.25, 0.3) is 0 Å². The van der Waals surface area contributed by atoms with Gasteiger partial charge in [0.1, 0.15) is 5.82 Å². The molecule has 0 aromatic carbocycles. The third kappa shape index (κ3) is 3.68. The number of carbonyl (C=O) groups excluding carboxylic acids is 2. The largest absolute Gasteiger partial charge is 0.361 e. The average Bonchev–Trinajstić information content (AvgIpc) is 2.27. The van der Waals surface area contributed by atoms with Crippen LogP contribution < -0.4 is 10.6 Å². The van der Waals surface area contributed by atoms with Crippen molar-refractivity contribution in [2.45, 2.75) is 13.8 Å². The van der Waals surface area contributed by atoms with Gasteiger partial charge in [-0.1, -0.05) is 0 Å². The third-order valence-corrected chi connectivity index (χ3v) is 1.97. The van der Waals surface area contributed by atoms with E-state index >= 15 is 0 Å². The average molecular weight is 221 g/mol. The van der Waals surface area contributed by atoms with E-state index in [4.69, 9.17) is 0 Å². The first kappa shape index (κ1) is 12.2. The normalized spacial score (nSPS) is 9.62. The number of pyridine rings is 1. The van der Waals surface area contributed by atoms with Crippen LogP contribution in [0.1, 0.15) is 24.2 Å². The van der Waals surface area contributed by atoms with Gasteiger partial charge in [0.25, 0.3) is 0 Å². The molecule has 1 aromatic heterocycles. The van der Waals surface area contributed by atoms with Crippen LogP contribution in [-0.4, -0.2) is 29.8 Å². The highest BCUT2D eigenvalue weighted by Crippen LogP contribution is 2.04. The maximum Gasteiger partial charge on any atom is 0.239 e. The number of ketones is 1. The number of Topliss-reactive ketones (excluding diaryl/α,β-unsaturated/α-hetero) is 1. The second-order valence-corrected chi connectivity index (χ2v) is 3.30. The van der Waals surface area contributed by atoms with Crippen molar-refractivity contribution < 1.29 is 9.59 Å². The molecule has 86 valence electrons. The van der Waals surface area contributed by atoms with Crippen molar-refractivity contribution >= 4 is 17.5 Å². The molecule has 2 N–H and O–H groups in total. The van der Waals surface area contributed by atoms with Crippen molar-refractivity contribution in [3.8, 4) is 0 Å². The Balaban J connectivity index is 2.49. The van der Waals surface area contributed by atoms with Crippen molar-refractivity contribution in [2.75, 3.05) is 18.4 Å². The Morgan fingerprint density at radius 1 is 1.38 bits per heavy atom. The van der Waals surface area contributed by atoms with E-state index in [1.54, 1.807) is 12.1 Å². The van der Waals surface area contributed by atoms with Crippen LogP contribution in [0.4, 0.5) is 5.82 Å². The summed E-state index contributed by atoms with van der Waals surface area (Å²) in [4.78, 5) is 26.1. The Bertz CT molecular complexity index is 373. The van der Waals surface area contributed by atoms with Gasteiger partial charge in [-0.15, -0.1) is 0 Å². The lowest BCUT2D eigenvalue weighted by Gasteiger charge is -2.05. The number of rotatable bonds is 5. The van der Waals surface area contributed by atoms with E-state index in [1.165, 1.54) is 13.1 Å². The van der Waals surface area contributed by atoms with Gasteiger partial charge >= 0.3 is 0 Å². The zero-order chi connectivity index (χ0) is 12.0. The molecule has 0 aliphatic rings. The van der Waals surface area contributed by atoms with E-state index in [-0.39, 0.29) is 18.2 Å². The maximum atomic E-state index is 11.1. The van der Waals surface area contributed by atoms with Gasteiger partial charge in [0, 0.05) is 18.3 Å². The van der Waals surface area contributed by atoms with Crippen LogP contribution in [0.5, 0.6) is 0 Å². The van der Waals surface area contributed by atoms with Gasteiger partial charge in [-0.2, -0.15) is 0 Å². The molecule has 0 atom stereocenters. The molecule has 1 heterocycles. The molecule has 0 aliphatic carbocycles. The zero-order valence-corrected chi connectivity index (χ0v) is 9.41. The standard InChI is InChI=1S/C11H15N3O2/c1-3-12-11(16)7-14-10-5-4-9(6-13-10)8(2)15/h4-6H,3,7H2,1-2H3,(H,12,16)(H,13,14). The van der Waals surface area contributed by atoms with Gasteiger partial charge in [-0.05, 0) is 26.0 Å². The molecule has 5 heteroatoms. The van der Waals surface area contributed by atoms with Gasteiger partial charge in [-0.3, -0.25) is 9.59 Å². The maximum absolute atomic E-state index is 11.1. The molecule has 0 fully saturated rings. The van der Waals surface area contributed by atoms with E-state index in [2.05, 4.69) is 15.6 Å². The number of aromatic nitrogens is 1. The summed E-state index contributed by atoms with van der Waals surface area (Å²) < 4.78 is 0. The number of hydrogen-bond donors (Lipinski definition) is 2. The van der Waals surface area contributed by atoms with Gasteiger partial charge in [-0.25, -0.2) is 4.98 Å². The summed E-state index contributed by atoms with van der Waals surface area (Å²) >= 11 is 0. The van der Waals surface area contributed by atoms with Crippen LogP contribution in [-0.2, 0) is 4.79 Å². The molecule has 5 nitrogen and oxygen atoms in total. The highest BCUT2D eigenvalue weighted by Gasteiger charge is 2.02. The smallest absolute Gasteiger partial charge is 0.239 e. The fourth-order valence-corrected chi connectivity index (χ4v) is 1.14. The molecule has 0 bridgehead atoms. The van der Waals surface area contributed by atoms with Crippen molar-refractivity contribution in [2.24, 2.45) is 0 Å². The van der Waals surface area contributed by atoms with Crippen molar-refractivity contribution in [3.05, 3.63) is 23.9 Å². The molecule has 0 unspecified atom stereocenters. The lowest BCUT2D eigenvalue weighted by atomic mass is 10.2. The lowest BCUT2D eigenvalue weighted by Crippen LogP contribution is -2.29. The number of nitrogens with one attached hydrogen (secondary N) is 2. The summed E-state index contributed by atoms with van der Waals surface area (Å²) in [6, 6.07) is 3.35. The third-order valence-electron chi connectivity index (χ3n) is 1.97. The highest BCUT2D eigenvalue weighted by molar-refractivity contribution is 5.93. The summed E-state index contributed by atoms with van der Waals surface area (Å²) in [5.74, 6) is 0.471. The lowest BCUT2D eigenvalue weighted by molar-refractivity contribution is -0.119. The minimum Gasteiger partial charge on any atom is -0.361 e. The van der Waals surface area contributed by atoms with E-state index in [0.717, 1.165) is 0 Å². The van der Waals surface area contributed by atoms with Crippen LogP contribution in [0.3, 0.4) is 0 Å². The summed E-state index contributed by atoms with van der Waals surface area (Å²) in [6.07, 6.45) is 1.49. The van der Waals surface area contributed by atoms with Gasteiger partial charge < -0.3 is 10.6 Å². The molecule has 1 aromatic rings. The minimum atomic E-state index is -0.0834. The summed E-state index contributed by atoms with van der Waals surface area (Å²) in [5.41, 5.74) is 0.559. The zero-order valence-electron chi connectivity index (χ0n) is 9.41. The summed E-state index contributed by atoms with van der Waals surface area (Å²) in [5, 5.41) is 5.52. The van der Waals surface area contributed by atoms with Crippen LogP contribution in [0.2, 0.25) is 0 Å². The van der Waals surface area contributed by atoms with E-state index < -0.39 is 0 Å². The predicted molar refractivity (Wildman–Crippen MR) is 61.4 cm³/mol. The molecule has 16 heavy (non-hydrogen) atoms. The molecular weight excluding hydrogens is 206 g/mol. The molecule has 1 rings (SSSR count). The molecule has 0 spiro atoms. The first-order valence-electron chi connectivity index (χ1n) is 5.11. The topological polar surface area (TPSA) is 71.1 Å². The van der Waals surface area contributed by atoms with Gasteiger partial charge in [0.15, 0.2) is 5.78 Å². The number of hydrogen-bond acceptors (Lipinski definition) is 4. The number of anilines is 1. The van der Waals surface area contributed by atoms with Crippen molar-refractivity contribution in [1.29, 1.82) is 0 Å². The molecule has 0 radical (unpaired) electrons. The second kappa shape index (κ2) is 5.85. The van der Waals surface area contributed by atoms with Crippen molar-refractivity contribution in [3.63, 3.8) is 0 Å². The fraction of sp³-hybridized carbons (Fsp3) is 0.364. The molecule has 0 aliphatic heterocycles. The Morgan fingerprint density at radius 3 is 2.62 bits per heavy atom. The SMILES string of the molecule is CCNC(=O)CNc1ccc(C(C)=O)cn1. The number of carbonyl (C=O) groups is 2. The van der Waals surface area contributed by atoms with E-state index in [0.29, 0.717) is 17.9 Å². The number of nitrogens with zero attached hydrogens (tertiary/aromatic N) is 1. The molecule has 0 saturated heterocycles. The predicted octanol–water partition coefficient (Wildman–Crippen LogP) is 0.832. The molecular formula is C11H15N3O2. The van der Waals surface area contributed by atoms with Gasteiger partial charge in [0.05, 0.1) is 6.54 Å². The monoisotopic (exact) mass is 221 g/mol. The quantitative estimate of drug-likeness (QED) is 0.722. The fourth-order valence-electron chi connectivity index (χ4n) is 1.14. The second-order valence-electron chi connectivity index (χ2n) is 3.30. The summed E-state index contributed by atoms with van der Waals surface area (Å²) in [7, 11) is 0. The highest BCUT2D eigenvalue weighted by atomic mass is 16.1. The first-order valence-corrected chi connectivity index (χ1v) is 5.11. The number of amides is 1. The Hall–Kier alpha value is -1.91. The van der Waals surface area contributed by atoms with Crippen LogP contribution >= 0.6 is 0 Å². The van der Waals surface area contributed by atoms with E-state index in [1.807, 2.05) is 6.92 Å². The van der Waals surface area contributed by atoms with Crippen LogP contribution in [0.15, 0.2) is 18.3 Å². The Morgan fingerprint density at radius 2 is 2.12 bits per heavy atom. The van der Waals surface area contributed by atoms with Gasteiger partial charge in [0.2, 0.25) is 5.91 Å². The van der Waals surface area contributed by atoms with Crippen molar-refractivity contribution in [1.82, 2.24) is 10.3 Å². The molecule has 0 saturated carbocycles. The minimum absolute atomic E-state index is 0.0252. The van der Waals surface area contributed by atoms with Crippen LogP contribution in [0, 0.1) is 0 Å². The van der Waals surface area contributed by atoms with E-state index in [9.17, 15) is 9.59 Å². The molecule has 1 amide bonds. The Kier molecular flexibility index (Phi) is 4.44. The Labute approximate surface area is 94.3 Å². The summed E-state index contributed by atoms with van der Waals surface area (Å²) in [6.45, 7) is 4.13. The first-order chi connectivity index (χ1) is 7.63.